The van der Waals surface area contributed by atoms with Gasteiger partial charge >= 0.3 is 0 Å². The molecule has 0 bridgehead atoms. The van der Waals surface area contributed by atoms with Crippen LogP contribution in [0.4, 0.5) is 0 Å². The number of carbonyl (C=O) groups is 1. The topological polar surface area (TPSA) is 17.1 Å². The molecular formula is C9H10OS2. The Morgan fingerprint density at radius 2 is 2.33 bits per heavy atom. The standard InChI is InChI=1S/C9H10OS2/c1-3-8(11-2)9-5-4-7(6-10)12-9/h3-6H,1-2H3/b8-3-. The summed E-state index contributed by atoms with van der Waals surface area (Å²) in [7, 11) is 0. The van der Waals surface area contributed by atoms with Crippen molar-refractivity contribution in [3.05, 3.63) is 28.0 Å². The molecule has 0 amide bonds. The van der Waals surface area contributed by atoms with E-state index in [9.17, 15) is 4.79 Å². The Morgan fingerprint density at radius 3 is 2.75 bits per heavy atom. The summed E-state index contributed by atoms with van der Waals surface area (Å²) in [5, 5.41) is 0. The second-order valence-electron chi connectivity index (χ2n) is 2.18. The van der Waals surface area contributed by atoms with Gasteiger partial charge in [-0.1, -0.05) is 6.08 Å². The fourth-order valence-corrected chi connectivity index (χ4v) is 2.58. The molecule has 0 radical (unpaired) electrons. The molecule has 0 aliphatic carbocycles. The molecule has 64 valence electrons. The Morgan fingerprint density at radius 1 is 1.58 bits per heavy atom. The maximum Gasteiger partial charge on any atom is 0.160 e. The van der Waals surface area contributed by atoms with Crippen molar-refractivity contribution in [2.45, 2.75) is 6.92 Å². The van der Waals surface area contributed by atoms with E-state index in [0.717, 1.165) is 11.2 Å². The van der Waals surface area contributed by atoms with E-state index in [4.69, 9.17) is 0 Å². The first-order valence-electron chi connectivity index (χ1n) is 3.57. The fourth-order valence-electron chi connectivity index (χ4n) is 0.909. The molecular weight excluding hydrogens is 188 g/mol. The molecule has 0 atom stereocenters. The average molecular weight is 198 g/mol. The highest BCUT2D eigenvalue weighted by Gasteiger charge is 2.02. The lowest BCUT2D eigenvalue weighted by atomic mass is 10.4. The van der Waals surface area contributed by atoms with Crippen LogP contribution in [0.1, 0.15) is 21.5 Å². The molecule has 0 N–H and O–H groups in total. The van der Waals surface area contributed by atoms with E-state index in [1.807, 2.05) is 25.3 Å². The van der Waals surface area contributed by atoms with Crippen LogP contribution in [0, 0.1) is 0 Å². The van der Waals surface area contributed by atoms with Crippen LogP contribution < -0.4 is 0 Å². The van der Waals surface area contributed by atoms with E-state index in [-0.39, 0.29) is 0 Å². The molecule has 0 aliphatic heterocycles. The number of thiophene rings is 1. The van der Waals surface area contributed by atoms with Gasteiger partial charge in [-0.3, -0.25) is 4.79 Å². The van der Waals surface area contributed by atoms with Gasteiger partial charge in [-0.15, -0.1) is 23.1 Å². The highest BCUT2D eigenvalue weighted by molar-refractivity contribution is 8.07. The molecule has 1 heterocycles. The maximum absolute atomic E-state index is 10.4. The first-order valence-corrected chi connectivity index (χ1v) is 5.61. The van der Waals surface area contributed by atoms with Gasteiger partial charge in [0.2, 0.25) is 0 Å². The normalized spacial score (nSPS) is 11.7. The predicted octanol–water partition coefficient (Wildman–Crippen LogP) is 3.28. The summed E-state index contributed by atoms with van der Waals surface area (Å²) < 4.78 is 0. The minimum Gasteiger partial charge on any atom is -0.297 e. The van der Waals surface area contributed by atoms with Crippen molar-refractivity contribution in [1.29, 1.82) is 0 Å². The van der Waals surface area contributed by atoms with Crippen LogP contribution in [0.3, 0.4) is 0 Å². The summed E-state index contributed by atoms with van der Waals surface area (Å²) in [5.74, 6) is 0. The zero-order chi connectivity index (χ0) is 8.97. The third kappa shape index (κ3) is 1.99. The molecule has 0 unspecified atom stereocenters. The molecule has 1 nitrogen and oxygen atoms in total. The summed E-state index contributed by atoms with van der Waals surface area (Å²) in [5.41, 5.74) is 0. The van der Waals surface area contributed by atoms with Crippen LogP contribution in [0.15, 0.2) is 18.2 Å². The second kappa shape index (κ2) is 4.48. The maximum atomic E-state index is 10.4. The first-order chi connectivity index (χ1) is 5.81. The van der Waals surface area contributed by atoms with Crippen molar-refractivity contribution in [2.75, 3.05) is 6.26 Å². The van der Waals surface area contributed by atoms with Crippen LogP contribution in [0.5, 0.6) is 0 Å². The monoisotopic (exact) mass is 198 g/mol. The summed E-state index contributed by atoms with van der Waals surface area (Å²) >= 11 is 3.24. The lowest BCUT2D eigenvalue weighted by Crippen LogP contribution is -1.68. The second-order valence-corrected chi connectivity index (χ2v) is 4.14. The molecule has 0 aromatic carbocycles. The van der Waals surface area contributed by atoms with Crippen molar-refractivity contribution in [3.63, 3.8) is 0 Å². The highest BCUT2D eigenvalue weighted by Crippen LogP contribution is 2.30. The Labute approximate surface area is 80.5 Å². The first kappa shape index (κ1) is 9.55. The van der Waals surface area contributed by atoms with Crippen molar-refractivity contribution < 1.29 is 4.79 Å². The van der Waals surface area contributed by atoms with E-state index >= 15 is 0 Å². The summed E-state index contributed by atoms with van der Waals surface area (Å²) in [4.78, 5) is 13.6. The van der Waals surface area contributed by atoms with Gasteiger partial charge in [0.05, 0.1) is 4.88 Å². The van der Waals surface area contributed by atoms with Crippen molar-refractivity contribution >= 4 is 34.3 Å². The number of rotatable bonds is 3. The van der Waals surface area contributed by atoms with Gasteiger partial charge in [-0.25, -0.2) is 0 Å². The van der Waals surface area contributed by atoms with E-state index in [1.165, 1.54) is 21.1 Å². The highest BCUT2D eigenvalue weighted by atomic mass is 32.2. The Kier molecular flexibility index (Phi) is 3.56. The van der Waals surface area contributed by atoms with Crippen molar-refractivity contribution in [3.8, 4) is 0 Å². The number of carbonyl (C=O) groups excluding carboxylic acids is 1. The molecule has 3 heteroatoms. The molecule has 0 fully saturated rings. The van der Waals surface area contributed by atoms with Crippen molar-refractivity contribution in [1.82, 2.24) is 0 Å². The van der Waals surface area contributed by atoms with Gasteiger partial charge in [-0.05, 0) is 25.3 Å². The van der Waals surface area contributed by atoms with Gasteiger partial charge in [0.25, 0.3) is 0 Å². The van der Waals surface area contributed by atoms with E-state index in [2.05, 4.69) is 6.08 Å². The minimum atomic E-state index is 0.790. The third-order valence-corrected chi connectivity index (χ3v) is 3.54. The Hall–Kier alpha value is -0.540. The van der Waals surface area contributed by atoms with Crippen LogP contribution in [0.25, 0.3) is 4.91 Å². The molecule has 0 saturated carbocycles. The number of hydrogen-bond acceptors (Lipinski definition) is 3. The molecule has 0 aliphatic rings. The summed E-state index contributed by atoms with van der Waals surface area (Å²) in [6, 6.07) is 3.84. The number of thioether (sulfide) groups is 1. The van der Waals surface area contributed by atoms with E-state index < -0.39 is 0 Å². The minimum absolute atomic E-state index is 0.790. The Bertz CT molecular complexity index is 299. The van der Waals surface area contributed by atoms with Crippen LogP contribution in [-0.4, -0.2) is 12.5 Å². The molecule has 0 spiro atoms. The lowest BCUT2D eigenvalue weighted by molar-refractivity contribution is 0.112. The zero-order valence-electron chi connectivity index (χ0n) is 7.03. The van der Waals surface area contributed by atoms with Crippen LogP contribution in [-0.2, 0) is 0 Å². The SMILES string of the molecule is C/C=C(\SC)c1ccc(C=O)s1. The van der Waals surface area contributed by atoms with Crippen LogP contribution >= 0.6 is 23.1 Å². The zero-order valence-corrected chi connectivity index (χ0v) is 8.67. The molecule has 1 rings (SSSR count). The van der Waals surface area contributed by atoms with Crippen molar-refractivity contribution in [2.24, 2.45) is 0 Å². The van der Waals surface area contributed by atoms with Gasteiger partial charge < -0.3 is 0 Å². The quantitative estimate of drug-likeness (QED) is 0.693. The van der Waals surface area contributed by atoms with Gasteiger partial charge in [0.15, 0.2) is 6.29 Å². The third-order valence-electron chi connectivity index (χ3n) is 1.47. The van der Waals surface area contributed by atoms with E-state index in [0.29, 0.717) is 0 Å². The average Bonchev–Trinajstić information content (AvgIpc) is 2.55. The van der Waals surface area contributed by atoms with E-state index in [1.54, 1.807) is 11.8 Å². The Balaban J connectivity index is 2.95. The van der Waals surface area contributed by atoms with Gasteiger partial charge in [0.1, 0.15) is 0 Å². The fraction of sp³-hybridized carbons (Fsp3) is 0.222. The van der Waals surface area contributed by atoms with Crippen LogP contribution in [0.2, 0.25) is 0 Å². The van der Waals surface area contributed by atoms with Gasteiger partial charge in [-0.2, -0.15) is 0 Å². The number of aldehydes is 1. The summed E-state index contributed by atoms with van der Waals surface area (Å²) in [6.07, 6.45) is 4.99. The van der Waals surface area contributed by atoms with Gasteiger partial charge in [0, 0.05) is 9.78 Å². The predicted molar refractivity (Wildman–Crippen MR) is 56.9 cm³/mol. The summed E-state index contributed by atoms with van der Waals surface area (Å²) in [6.45, 7) is 2.01. The molecule has 0 saturated heterocycles. The largest absolute Gasteiger partial charge is 0.297 e. The molecule has 1 aromatic rings. The number of hydrogen-bond donors (Lipinski definition) is 0. The lowest BCUT2D eigenvalue weighted by Gasteiger charge is -1.96. The molecule has 1 aromatic heterocycles. The number of allylic oxidation sites excluding steroid dienone is 1. The smallest absolute Gasteiger partial charge is 0.160 e. The molecule has 12 heavy (non-hydrogen) atoms.